The standard InChI is InChI=1S/C20H17F3N2O4S2/c21-20(22,23)13-5-4-6-14(9-13)25-16-11-31(27,28)12-17(16)30-19(25)24-18(26)10-29-15-7-2-1-3-8-15/h1-9,16-17H,10-12H2/t16-,17-/m0/s1. The minimum atomic E-state index is -4.55. The summed E-state index contributed by atoms with van der Waals surface area (Å²) in [7, 11) is -3.33. The molecule has 2 fully saturated rings. The first-order valence-corrected chi connectivity index (χ1v) is 12.0. The van der Waals surface area contributed by atoms with Gasteiger partial charge in [-0.2, -0.15) is 18.2 Å². The van der Waals surface area contributed by atoms with E-state index in [-0.39, 0.29) is 29.0 Å². The van der Waals surface area contributed by atoms with E-state index < -0.39 is 38.8 Å². The molecule has 2 aromatic rings. The van der Waals surface area contributed by atoms with Gasteiger partial charge in [0, 0.05) is 10.9 Å². The predicted octanol–water partition coefficient (Wildman–Crippen LogP) is 3.39. The molecule has 0 bridgehead atoms. The van der Waals surface area contributed by atoms with Gasteiger partial charge in [-0.15, -0.1) is 0 Å². The summed E-state index contributed by atoms with van der Waals surface area (Å²) in [5.74, 6) is -0.473. The number of amides is 1. The summed E-state index contributed by atoms with van der Waals surface area (Å²) >= 11 is 1.09. The lowest BCUT2D eigenvalue weighted by Gasteiger charge is -2.25. The zero-order chi connectivity index (χ0) is 22.2. The number of thioether (sulfide) groups is 1. The zero-order valence-electron chi connectivity index (χ0n) is 15.9. The Bertz CT molecular complexity index is 1120. The van der Waals surface area contributed by atoms with E-state index in [1.807, 2.05) is 0 Å². The topological polar surface area (TPSA) is 76.0 Å². The fourth-order valence-corrected chi connectivity index (χ4v) is 7.43. The van der Waals surface area contributed by atoms with Crippen LogP contribution in [0, 0.1) is 0 Å². The second-order valence-electron chi connectivity index (χ2n) is 7.11. The van der Waals surface area contributed by atoms with Gasteiger partial charge in [0.25, 0.3) is 5.91 Å². The van der Waals surface area contributed by atoms with Gasteiger partial charge in [-0.3, -0.25) is 4.79 Å². The number of alkyl halides is 3. The van der Waals surface area contributed by atoms with Crippen LogP contribution in [0.4, 0.5) is 18.9 Å². The highest BCUT2D eigenvalue weighted by molar-refractivity contribution is 8.16. The highest BCUT2D eigenvalue weighted by Crippen LogP contribution is 2.42. The van der Waals surface area contributed by atoms with Crippen molar-refractivity contribution in [3.63, 3.8) is 0 Å². The van der Waals surface area contributed by atoms with Gasteiger partial charge in [-0.05, 0) is 30.3 Å². The number of hydrogen-bond acceptors (Lipinski definition) is 5. The van der Waals surface area contributed by atoms with Crippen molar-refractivity contribution < 1.29 is 31.1 Å². The van der Waals surface area contributed by atoms with Gasteiger partial charge in [-0.25, -0.2) is 8.42 Å². The molecule has 0 spiro atoms. The molecule has 0 aliphatic carbocycles. The molecule has 1 amide bonds. The Balaban J connectivity index is 1.62. The molecule has 0 aromatic heterocycles. The fourth-order valence-electron chi connectivity index (χ4n) is 3.50. The molecule has 0 N–H and O–H groups in total. The Hall–Kier alpha value is -2.53. The number of amidine groups is 1. The SMILES string of the molecule is O=C(COc1ccccc1)N=C1S[C@H]2CS(=O)(=O)C[C@@H]2N1c1cccc(C(F)(F)F)c1. The largest absolute Gasteiger partial charge is 0.484 e. The van der Waals surface area contributed by atoms with E-state index in [9.17, 15) is 26.4 Å². The fraction of sp³-hybridized carbons (Fsp3) is 0.300. The highest BCUT2D eigenvalue weighted by atomic mass is 32.2. The van der Waals surface area contributed by atoms with E-state index in [2.05, 4.69) is 4.99 Å². The number of fused-ring (bicyclic) bond motifs is 1. The van der Waals surface area contributed by atoms with Gasteiger partial charge < -0.3 is 9.64 Å². The van der Waals surface area contributed by atoms with Crippen molar-refractivity contribution in [3.8, 4) is 5.75 Å². The summed E-state index contributed by atoms with van der Waals surface area (Å²) in [4.78, 5) is 17.8. The van der Waals surface area contributed by atoms with Crippen LogP contribution in [0.25, 0.3) is 0 Å². The third-order valence-corrected chi connectivity index (χ3v) is 8.05. The number of carbonyl (C=O) groups excluding carboxylic acids is 1. The van der Waals surface area contributed by atoms with E-state index >= 15 is 0 Å². The van der Waals surface area contributed by atoms with E-state index in [4.69, 9.17) is 4.74 Å². The van der Waals surface area contributed by atoms with Crippen molar-refractivity contribution >= 4 is 38.4 Å². The van der Waals surface area contributed by atoms with Crippen LogP contribution in [0.5, 0.6) is 5.75 Å². The van der Waals surface area contributed by atoms with Gasteiger partial charge in [0.2, 0.25) is 0 Å². The summed E-state index contributed by atoms with van der Waals surface area (Å²) in [6.45, 7) is -0.349. The van der Waals surface area contributed by atoms with Gasteiger partial charge in [0.05, 0.1) is 23.1 Å². The lowest BCUT2D eigenvalue weighted by atomic mass is 10.1. The van der Waals surface area contributed by atoms with Gasteiger partial charge >= 0.3 is 6.18 Å². The molecule has 6 nitrogen and oxygen atoms in total. The van der Waals surface area contributed by atoms with E-state index in [0.29, 0.717) is 5.75 Å². The van der Waals surface area contributed by atoms with E-state index in [1.165, 1.54) is 17.0 Å². The van der Waals surface area contributed by atoms with Crippen LogP contribution in [0.3, 0.4) is 0 Å². The molecule has 2 heterocycles. The summed E-state index contributed by atoms with van der Waals surface area (Å²) in [5.41, 5.74) is -0.722. The van der Waals surface area contributed by atoms with Gasteiger partial charge in [0.1, 0.15) is 5.75 Å². The van der Waals surface area contributed by atoms with Crippen molar-refractivity contribution in [2.75, 3.05) is 23.0 Å². The number of carbonyl (C=O) groups is 1. The Kier molecular flexibility index (Phi) is 5.73. The first-order valence-electron chi connectivity index (χ1n) is 9.25. The van der Waals surface area contributed by atoms with Gasteiger partial charge in [0.15, 0.2) is 21.6 Å². The predicted molar refractivity (Wildman–Crippen MR) is 112 cm³/mol. The Labute approximate surface area is 181 Å². The Morgan fingerprint density at radius 2 is 1.87 bits per heavy atom. The molecule has 0 unspecified atom stereocenters. The molecule has 4 rings (SSSR count). The first kappa shape index (κ1) is 21.7. The maximum Gasteiger partial charge on any atom is 0.416 e. The third-order valence-electron chi connectivity index (χ3n) is 4.84. The molecule has 2 aliphatic heterocycles. The molecule has 31 heavy (non-hydrogen) atoms. The molecular formula is C20H17F3N2O4S2. The van der Waals surface area contributed by atoms with Crippen LogP contribution in [-0.2, 0) is 20.8 Å². The van der Waals surface area contributed by atoms with Crippen molar-refractivity contribution in [1.82, 2.24) is 0 Å². The molecule has 0 radical (unpaired) electrons. The third kappa shape index (κ3) is 4.87. The van der Waals surface area contributed by atoms with Crippen LogP contribution < -0.4 is 9.64 Å². The molecule has 11 heteroatoms. The minimum Gasteiger partial charge on any atom is -0.484 e. The average molecular weight is 470 g/mol. The number of hydrogen-bond donors (Lipinski definition) is 0. The Morgan fingerprint density at radius 3 is 2.58 bits per heavy atom. The number of halogens is 3. The molecule has 164 valence electrons. The van der Waals surface area contributed by atoms with Crippen LogP contribution in [0.15, 0.2) is 59.6 Å². The average Bonchev–Trinajstić information content (AvgIpc) is 3.17. The maximum absolute atomic E-state index is 13.2. The number of anilines is 1. The van der Waals surface area contributed by atoms with Gasteiger partial charge in [-0.1, -0.05) is 36.0 Å². The van der Waals surface area contributed by atoms with Crippen molar-refractivity contribution in [1.29, 1.82) is 0 Å². The van der Waals surface area contributed by atoms with Crippen LogP contribution in [0.2, 0.25) is 0 Å². The molecule has 2 atom stereocenters. The van der Waals surface area contributed by atoms with Crippen molar-refractivity contribution in [2.45, 2.75) is 17.5 Å². The number of rotatable bonds is 4. The second kappa shape index (κ2) is 8.19. The number of aliphatic imine (C=N–C) groups is 1. The van der Waals surface area contributed by atoms with E-state index in [0.717, 1.165) is 23.9 Å². The van der Waals surface area contributed by atoms with Crippen molar-refractivity contribution in [2.24, 2.45) is 4.99 Å². The quantitative estimate of drug-likeness (QED) is 0.682. The highest BCUT2D eigenvalue weighted by Gasteiger charge is 2.49. The monoisotopic (exact) mass is 470 g/mol. The van der Waals surface area contributed by atoms with Crippen LogP contribution in [-0.4, -0.2) is 48.9 Å². The maximum atomic E-state index is 13.2. The molecule has 2 aliphatic rings. The summed E-state index contributed by atoms with van der Waals surface area (Å²) in [6.07, 6.45) is -4.55. The zero-order valence-corrected chi connectivity index (χ0v) is 17.6. The number of ether oxygens (including phenoxy) is 1. The lowest BCUT2D eigenvalue weighted by Crippen LogP contribution is -2.38. The van der Waals surface area contributed by atoms with Crippen LogP contribution >= 0.6 is 11.8 Å². The van der Waals surface area contributed by atoms with Crippen molar-refractivity contribution in [3.05, 3.63) is 60.2 Å². The summed E-state index contributed by atoms with van der Waals surface area (Å²) < 4.78 is 69.1. The number of benzene rings is 2. The molecule has 2 saturated heterocycles. The smallest absolute Gasteiger partial charge is 0.416 e. The number of nitrogens with zero attached hydrogens (tertiary/aromatic N) is 2. The number of para-hydroxylation sites is 1. The Morgan fingerprint density at radius 1 is 1.13 bits per heavy atom. The van der Waals surface area contributed by atoms with Crippen LogP contribution in [0.1, 0.15) is 5.56 Å². The second-order valence-corrected chi connectivity index (χ2v) is 10.5. The number of sulfone groups is 1. The molecule has 0 saturated carbocycles. The summed E-state index contributed by atoms with van der Waals surface area (Å²) in [6, 6.07) is 12.6. The lowest BCUT2D eigenvalue weighted by molar-refractivity contribution is -0.137. The molecule has 2 aromatic carbocycles. The van der Waals surface area contributed by atoms with E-state index in [1.54, 1.807) is 30.3 Å². The summed E-state index contributed by atoms with van der Waals surface area (Å²) in [5, 5.41) is -0.243. The first-order chi connectivity index (χ1) is 14.6. The molecular weight excluding hydrogens is 453 g/mol. The minimum absolute atomic E-state index is 0.120. The normalized spacial score (nSPS) is 23.7.